The van der Waals surface area contributed by atoms with E-state index >= 15 is 0 Å². The van der Waals surface area contributed by atoms with Gasteiger partial charge in [-0.1, -0.05) is 44.5 Å². The molecule has 2 aromatic carbocycles. The standard InChI is InChI=1S/C30H29FN4O4S/c1-4-6-9-27-34-29(36)28(30(37)35(27)26(5-2)21-12-15-25(31)22(17-21)18-32)40(38,39)23-13-10-20(11-14-23)24-8-7-16-33-19(24)3/h7-8,10-17,26,36H,4-6,9H2,1-3H3/t26-/m0/s1. The minimum atomic E-state index is -4.49. The SMILES string of the molecule is CCCCc1nc(O)c(S(=O)(=O)c2ccc(-c3cccnc3C)cc2)c(=O)n1[C@@H](CC)c1ccc(F)c(C#N)c1. The van der Waals surface area contributed by atoms with Gasteiger partial charge in [0.1, 0.15) is 17.7 Å². The average Bonchev–Trinajstić information content (AvgIpc) is 2.94. The summed E-state index contributed by atoms with van der Waals surface area (Å²) in [4.78, 5) is 21.4. The number of aromatic hydroxyl groups is 1. The normalized spacial score (nSPS) is 12.2. The molecule has 0 saturated heterocycles. The summed E-state index contributed by atoms with van der Waals surface area (Å²) in [5.41, 5.74) is 1.68. The summed E-state index contributed by atoms with van der Waals surface area (Å²) in [7, 11) is -4.49. The Kier molecular flexibility index (Phi) is 8.45. The smallest absolute Gasteiger partial charge is 0.277 e. The molecule has 0 aliphatic rings. The molecule has 2 aromatic heterocycles. The molecular weight excluding hydrogens is 531 g/mol. The van der Waals surface area contributed by atoms with Gasteiger partial charge < -0.3 is 5.11 Å². The summed E-state index contributed by atoms with van der Waals surface area (Å²) in [5, 5.41) is 20.1. The number of unbranched alkanes of at least 4 members (excludes halogenated alkanes) is 1. The van der Waals surface area contributed by atoms with Crippen LogP contribution in [0.1, 0.15) is 61.8 Å². The van der Waals surface area contributed by atoms with E-state index in [4.69, 9.17) is 0 Å². The van der Waals surface area contributed by atoms with Crippen molar-refractivity contribution in [2.45, 2.75) is 62.3 Å². The van der Waals surface area contributed by atoms with Crippen molar-refractivity contribution in [1.82, 2.24) is 14.5 Å². The second kappa shape index (κ2) is 11.8. The number of aryl methyl sites for hydroxylation is 2. The molecule has 40 heavy (non-hydrogen) atoms. The number of nitriles is 1. The zero-order valence-corrected chi connectivity index (χ0v) is 23.2. The highest BCUT2D eigenvalue weighted by Crippen LogP contribution is 2.31. The van der Waals surface area contributed by atoms with E-state index in [1.54, 1.807) is 37.4 Å². The molecule has 2 heterocycles. The van der Waals surface area contributed by atoms with Gasteiger partial charge in [0.05, 0.1) is 16.5 Å². The molecule has 0 unspecified atom stereocenters. The summed E-state index contributed by atoms with van der Waals surface area (Å²) < 4.78 is 42.8. The number of benzene rings is 2. The number of hydrogen-bond acceptors (Lipinski definition) is 7. The number of aromatic nitrogens is 3. The number of pyridine rings is 1. The Hall–Kier alpha value is -4.36. The lowest BCUT2D eigenvalue weighted by molar-refractivity contribution is 0.406. The molecule has 10 heteroatoms. The lowest BCUT2D eigenvalue weighted by Crippen LogP contribution is -2.33. The summed E-state index contributed by atoms with van der Waals surface area (Å²) in [6, 6.07) is 14.6. The molecular formula is C30H29FN4O4S. The van der Waals surface area contributed by atoms with E-state index in [9.17, 15) is 28.0 Å². The molecule has 0 aliphatic carbocycles. The van der Waals surface area contributed by atoms with Crippen LogP contribution in [0.5, 0.6) is 5.88 Å². The Labute approximate surface area is 232 Å². The van der Waals surface area contributed by atoms with E-state index in [1.165, 1.54) is 28.8 Å². The molecule has 4 rings (SSSR count). The molecule has 0 spiro atoms. The first-order valence-electron chi connectivity index (χ1n) is 12.9. The van der Waals surface area contributed by atoms with Crippen LogP contribution in [0.3, 0.4) is 0 Å². The van der Waals surface area contributed by atoms with Crippen LogP contribution >= 0.6 is 0 Å². The molecule has 4 aromatic rings. The van der Waals surface area contributed by atoms with Crippen LogP contribution in [0, 0.1) is 24.1 Å². The first kappa shape index (κ1) is 28.6. The largest absolute Gasteiger partial charge is 0.492 e. The molecule has 1 atom stereocenters. The molecule has 1 N–H and O–H groups in total. The second-order valence-corrected chi connectivity index (χ2v) is 11.3. The van der Waals surface area contributed by atoms with Crippen molar-refractivity contribution in [1.29, 1.82) is 5.26 Å². The van der Waals surface area contributed by atoms with Crippen molar-refractivity contribution in [2.24, 2.45) is 0 Å². The fourth-order valence-corrected chi connectivity index (χ4v) is 6.09. The summed E-state index contributed by atoms with van der Waals surface area (Å²) >= 11 is 0. The van der Waals surface area contributed by atoms with Crippen molar-refractivity contribution in [3.8, 4) is 23.1 Å². The Bertz CT molecular complexity index is 1760. The lowest BCUT2D eigenvalue weighted by atomic mass is 10.0. The molecule has 0 radical (unpaired) electrons. The molecule has 8 nitrogen and oxygen atoms in total. The Balaban J connectivity index is 1.89. The first-order chi connectivity index (χ1) is 19.1. The van der Waals surface area contributed by atoms with E-state index in [-0.39, 0.29) is 16.3 Å². The van der Waals surface area contributed by atoms with Crippen LogP contribution in [-0.2, 0) is 16.3 Å². The molecule has 0 bridgehead atoms. The van der Waals surface area contributed by atoms with Crippen molar-refractivity contribution >= 4 is 9.84 Å². The van der Waals surface area contributed by atoms with Crippen molar-refractivity contribution in [3.63, 3.8) is 0 Å². The third-order valence-electron chi connectivity index (χ3n) is 6.83. The highest BCUT2D eigenvalue weighted by Gasteiger charge is 2.31. The number of hydrogen-bond donors (Lipinski definition) is 1. The predicted molar refractivity (Wildman–Crippen MR) is 148 cm³/mol. The van der Waals surface area contributed by atoms with Crippen LogP contribution in [0.15, 0.2) is 75.4 Å². The minimum absolute atomic E-state index is 0.179. The average molecular weight is 561 g/mol. The fourth-order valence-electron chi connectivity index (χ4n) is 4.74. The predicted octanol–water partition coefficient (Wildman–Crippen LogP) is 5.50. The van der Waals surface area contributed by atoms with E-state index < -0.39 is 38.0 Å². The number of halogens is 1. The summed E-state index contributed by atoms with van der Waals surface area (Å²) in [6.45, 7) is 5.58. The van der Waals surface area contributed by atoms with Crippen molar-refractivity contribution < 1.29 is 17.9 Å². The topological polar surface area (TPSA) is 126 Å². The lowest BCUT2D eigenvalue weighted by Gasteiger charge is -2.23. The quantitative estimate of drug-likeness (QED) is 0.286. The molecule has 0 fully saturated rings. The summed E-state index contributed by atoms with van der Waals surface area (Å²) in [6.07, 6.45) is 3.70. The molecule has 206 valence electrons. The molecule has 0 amide bonds. The van der Waals surface area contributed by atoms with Crippen LogP contribution in [0.25, 0.3) is 11.1 Å². The highest BCUT2D eigenvalue weighted by molar-refractivity contribution is 7.91. The molecule has 0 aliphatic heterocycles. The van der Waals surface area contributed by atoms with Gasteiger partial charge in [-0.15, -0.1) is 0 Å². The fraction of sp³-hybridized carbons (Fsp3) is 0.267. The van der Waals surface area contributed by atoms with Gasteiger partial charge in [0.15, 0.2) is 4.90 Å². The van der Waals surface area contributed by atoms with Gasteiger partial charge in [-0.3, -0.25) is 14.3 Å². The van der Waals surface area contributed by atoms with Gasteiger partial charge in [0.25, 0.3) is 5.56 Å². The Morgan fingerprint density at radius 3 is 2.48 bits per heavy atom. The van der Waals surface area contributed by atoms with Crippen molar-refractivity contribution in [2.75, 3.05) is 0 Å². The third kappa shape index (κ3) is 5.38. The van der Waals surface area contributed by atoms with Gasteiger partial charge in [0.2, 0.25) is 15.7 Å². The maximum Gasteiger partial charge on any atom is 0.277 e. The molecule has 0 saturated carbocycles. The monoisotopic (exact) mass is 560 g/mol. The van der Waals surface area contributed by atoms with Gasteiger partial charge in [-0.2, -0.15) is 10.2 Å². The van der Waals surface area contributed by atoms with Gasteiger partial charge >= 0.3 is 0 Å². The zero-order valence-electron chi connectivity index (χ0n) is 22.4. The maximum atomic E-state index is 14.1. The van der Waals surface area contributed by atoms with Gasteiger partial charge in [-0.25, -0.2) is 12.8 Å². The highest BCUT2D eigenvalue weighted by atomic mass is 32.2. The van der Waals surface area contributed by atoms with E-state index in [1.807, 2.05) is 19.9 Å². The third-order valence-corrected chi connectivity index (χ3v) is 8.62. The van der Waals surface area contributed by atoms with E-state index in [0.29, 0.717) is 24.8 Å². The van der Waals surface area contributed by atoms with E-state index in [0.717, 1.165) is 29.3 Å². The minimum Gasteiger partial charge on any atom is -0.492 e. The second-order valence-electron chi connectivity index (χ2n) is 9.40. The van der Waals surface area contributed by atoms with Crippen LogP contribution in [-0.4, -0.2) is 28.1 Å². The van der Waals surface area contributed by atoms with Gasteiger partial charge in [0, 0.05) is 23.9 Å². The number of sulfone groups is 1. The Morgan fingerprint density at radius 2 is 1.85 bits per heavy atom. The zero-order chi connectivity index (χ0) is 29.0. The number of nitrogens with zero attached hydrogens (tertiary/aromatic N) is 4. The maximum absolute atomic E-state index is 14.1. The van der Waals surface area contributed by atoms with Crippen LogP contribution in [0.2, 0.25) is 0 Å². The Morgan fingerprint density at radius 1 is 1.12 bits per heavy atom. The van der Waals surface area contributed by atoms with Crippen LogP contribution in [0.4, 0.5) is 4.39 Å². The van der Waals surface area contributed by atoms with Crippen LogP contribution < -0.4 is 5.56 Å². The van der Waals surface area contributed by atoms with Gasteiger partial charge in [-0.05, 0) is 61.2 Å². The van der Waals surface area contributed by atoms with Crippen molar-refractivity contribution in [3.05, 3.63) is 99.6 Å². The first-order valence-corrected chi connectivity index (χ1v) is 14.4. The van der Waals surface area contributed by atoms with E-state index in [2.05, 4.69) is 9.97 Å². The summed E-state index contributed by atoms with van der Waals surface area (Å²) in [5.74, 6) is -1.36. The number of rotatable bonds is 9.